The standard InChI is InChI=1S/C13H19N3O4/c1-4-20-8-9(2)15-11-7-10(13(17)14-3)5-6-12(11)16(18)19/h5-7,9,15H,4,8H2,1-3H3,(H,14,17). The number of nitro groups is 1. The summed E-state index contributed by atoms with van der Waals surface area (Å²) in [5.41, 5.74) is 0.605. The minimum Gasteiger partial charge on any atom is -0.380 e. The zero-order chi connectivity index (χ0) is 15.1. The lowest BCUT2D eigenvalue weighted by molar-refractivity contribution is -0.384. The SMILES string of the molecule is CCOCC(C)Nc1cc(C(=O)NC)ccc1[N+](=O)[O-]. The van der Waals surface area contributed by atoms with Gasteiger partial charge in [0, 0.05) is 31.3 Å². The van der Waals surface area contributed by atoms with Gasteiger partial charge in [0.25, 0.3) is 11.6 Å². The molecular formula is C13H19N3O4. The number of hydrogen-bond acceptors (Lipinski definition) is 5. The van der Waals surface area contributed by atoms with Crippen LogP contribution in [0, 0.1) is 10.1 Å². The number of anilines is 1. The third-order valence-corrected chi connectivity index (χ3v) is 2.66. The Bertz CT molecular complexity index is 491. The highest BCUT2D eigenvalue weighted by Gasteiger charge is 2.17. The fraction of sp³-hybridized carbons (Fsp3) is 0.462. The minimum absolute atomic E-state index is 0.0685. The molecule has 20 heavy (non-hydrogen) atoms. The van der Waals surface area contributed by atoms with Crippen molar-refractivity contribution in [2.45, 2.75) is 19.9 Å². The highest BCUT2D eigenvalue weighted by atomic mass is 16.6. The van der Waals surface area contributed by atoms with E-state index in [1.807, 2.05) is 13.8 Å². The summed E-state index contributed by atoms with van der Waals surface area (Å²) in [4.78, 5) is 22.1. The Morgan fingerprint density at radius 3 is 2.75 bits per heavy atom. The van der Waals surface area contributed by atoms with E-state index in [-0.39, 0.29) is 17.6 Å². The van der Waals surface area contributed by atoms with E-state index >= 15 is 0 Å². The van der Waals surface area contributed by atoms with E-state index in [0.717, 1.165) is 0 Å². The van der Waals surface area contributed by atoms with Gasteiger partial charge in [-0.2, -0.15) is 0 Å². The molecule has 0 spiro atoms. The maximum atomic E-state index is 11.6. The summed E-state index contributed by atoms with van der Waals surface area (Å²) in [7, 11) is 1.51. The van der Waals surface area contributed by atoms with Crippen LogP contribution in [-0.4, -0.2) is 37.1 Å². The molecular weight excluding hydrogens is 262 g/mol. The number of carbonyl (C=O) groups is 1. The van der Waals surface area contributed by atoms with Crippen LogP contribution in [-0.2, 0) is 4.74 Å². The molecule has 1 unspecified atom stereocenters. The Balaban J connectivity index is 2.99. The fourth-order valence-electron chi connectivity index (χ4n) is 1.70. The molecule has 0 saturated carbocycles. The highest BCUT2D eigenvalue weighted by molar-refractivity contribution is 5.95. The first-order valence-corrected chi connectivity index (χ1v) is 6.34. The van der Waals surface area contributed by atoms with Gasteiger partial charge in [-0.25, -0.2) is 0 Å². The molecule has 0 aliphatic carbocycles. The van der Waals surface area contributed by atoms with Crippen molar-refractivity contribution in [1.82, 2.24) is 5.32 Å². The molecule has 1 rings (SSSR count). The van der Waals surface area contributed by atoms with Gasteiger partial charge in [0.1, 0.15) is 5.69 Å². The zero-order valence-electron chi connectivity index (χ0n) is 11.8. The number of amides is 1. The van der Waals surface area contributed by atoms with Crippen LogP contribution in [0.4, 0.5) is 11.4 Å². The van der Waals surface area contributed by atoms with E-state index in [0.29, 0.717) is 24.5 Å². The lowest BCUT2D eigenvalue weighted by atomic mass is 10.1. The monoisotopic (exact) mass is 281 g/mol. The van der Waals surface area contributed by atoms with Gasteiger partial charge in [0.05, 0.1) is 11.5 Å². The van der Waals surface area contributed by atoms with E-state index in [1.54, 1.807) is 0 Å². The number of ether oxygens (including phenoxy) is 1. The smallest absolute Gasteiger partial charge is 0.292 e. The topological polar surface area (TPSA) is 93.5 Å². The van der Waals surface area contributed by atoms with Gasteiger partial charge in [-0.15, -0.1) is 0 Å². The lowest BCUT2D eigenvalue weighted by Gasteiger charge is -2.15. The van der Waals surface area contributed by atoms with Crippen molar-refractivity contribution in [2.75, 3.05) is 25.6 Å². The van der Waals surface area contributed by atoms with E-state index in [2.05, 4.69) is 10.6 Å². The molecule has 0 radical (unpaired) electrons. The molecule has 0 bridgehead atoms. The average Bonchev–Trinajstić information content (AvgIpc) is 2.43. The van der Waals surface area contributed by atoms with Crippen molar-refractivity contribution >= 4 is 17.3 Å². The van der Waals surface area contributed by atoms with Gasteiger partial charge in [0.15, 0.2) is 0 Å². The molecule has 1 atom stereocenters. The second-order valence-corrected chi connectivity index (χ2v) is 4.27. The van der Waals surface area contributed by atoms with Crippen LogP contribution in [0.5, 0.6) is 0 Å². The van der Waals surface area contributed by atoms with Crippen molar-refractivity contribution in [2.24, 2.45) is 0 Å². The fourth-order valence-corrected chi connectivity index (χ4v) is 1.70. The van der Waals surface area contributed by atoms with Crippen molar-refractivity contribution in [3.05, 3.63) is 33.9 Å². The summed E-state index contributed by atoms with van der Waals surface area (Å²) in [5.74, 6) is -0.291. The molecule has 110 valence electrons. The second-order valence-electron chi connectivity index (χ2n) is 4.27. The zero-order valence-corrected chi connectivity index (χ0v) is 11.8. The molecule has 0 heterocycles. The Morgan fingerprint density at radius 2 is 2.20 bits per heavy atom. The summed E-state index contributed by atoms with van der Waals surface area (Å²) in [6.07, 6.45) is 0. The first kappa shape index (κ1) is 15.9. The first-order valence-electron chi connectivity index (χ1n) is 6.34. The molecule has 0 fully saturated rings. The number of hydrogen-bond donors (Lipinski definition) is 2. The summed E-state index contributed by atoms with van der Waals surface area (Å²) >= 11 is 0. The maximum absolute atomic E-state index is 11.6. The van der Waals surface area contributed by atoms with E-state index in [9.17, 15) is 14.9 Å². The molecule has 0 aromatic heterocycles. The van der Waals surface area contributed by atoms with Crippen molar-refractivity contribution in [3.63, 3.8) is 0 Å². The van der Waals surface area contributed by atoms with Gasteiger partial charge in [-0.3, -0.25) is 14.9 Å². The Labute approximate surface area is 117 Å². The summed E-state index contributed by atoms with van der Waals surface area (Å²) in [6, 6.07) is 4.11. The number of nitrogens with one attached hydrogen (secondary N) is 2. The Hall–Kier alpha value is -2.15. The Kier molecular flexibility index (Phi) is 5.92. The third kappa shape index (κ3) is 4.20. The number of nitrogens with zero attached hydrogens (tertiary/aromatic N) is 1. The first-order chi connectivity index (χ1) is 9.49. The van der Waals surface area contributed by atoms with Crippen molar-refractivity contribution in [3.8, 4) is 0 Å². The summed E-state index contributed by atoms with van der Waals surface area (Å²) in [5, 5.41) is 16.5. The number of benzene rings is 1. The number of carbonyl (C=O) groups excluding carboxylic acids is 1. The van der Waals surface area contributed by atoms with Crippen LogP contribution in [0.15, 0.2) is 18.2 Å². The van der Waals surface area contributed by atoms with Crippen LogP contribution in [0.3, 0.4) is 0 Å². The molecule has 1 aromatic rings. The molecule has 7 nitrogen and oxygen atoms in total. The molecule has 0 aliphatic rings. The molecule has 7 heteroatoms. The normalized spacial score (nSPS) is 11.8. The maximum Gasteiger partial charge on any atom is 0.292 e. The van der Waals surface area contributed by atoms with Gasteiger partial charge in [-0.1, -0.05) is 0 Å². The third-order valence-electron chi connectivity index (χ3n) is 2.66. The van der Waals surface area contributed by atoms with E-state index in [1.165, 1.54) is 25.2 Å². The molecule has 1 aromatic carbocycles. The lowest BCUT2D eigenvalue weighted by Crippen LogP contribution is -2.23. The second kappa shape index (κ2) is 7.44. The van der Waals surface area contributed by atoms with E-state index < -0.39 is 4.92 Å². The Morgan fingerprint density at radius 1 is 1.50 bits per heavy atom. The van der Waals surface area contributed by atoms with Gasteiger partial charge >= 0.3 is 0 Å². The van der Waals surface area contributed by atoms with Crippen LogP contribution < -0.4 is 10.6 Å². The number of nitro benzene ring substituents is 1. The van der Waals surface area contributed by atoms with Crippen LogP contribution in [0.1, 0.15) is 24.2 Å². The van der Waals surface area contributed by atoms with Crippen molar-refractivity contribution in [1.29, 1.82) is 0 Å². The van der Waals surface area contributed by atoms with Crippen LogP contribution in [0.2, 0.25) is 0 Å². The van der Waals surface area contributed by atoms with Gasteiger partial charge in [-0.05, 0) is 26.0 Å². The largest absolute Gasteiger partial charge is 0.380 e. The summed E-state index contributed by atoms with van der Waals surface area (Å²) in [6.45, 7) is 4.73. The predicted molar refractivity (Wildman–Crippen MR) is 76.1 cm³/mol. The van der Waals surface area contributed by atoms with E-state index in [4.69, 9.17) is 4.74 Å². The minimum atomic E-state index is -0.483. The predicted octanol–water partition coefficient (Wildman–Crippen LogP) is 1.79. The molecule has 0 saturated heterocycles. The average molecular weight is 281 g/mol. The highest BCUT2D eigenvalue weighted by Crippen LogP contribution is 2.26. The van der Waals surface area contributed by atoms with Crippen LogP contribution >= 0.6 is 0 Å². The van der Waals surface area contributed by atoms with Crippen molar-refractivity contribution < 1.29 is 14.5 Å². The van der Waals surface area contributed by atoms with Gasteiger partial charge < -0.3 is 15.4 Å². The summed E-state index contributed by atoms with van der Waals surface area (Å²) < 4.78 is 5.26. The number of rotatable bonds is 7. The molecule has 0 aliphatic heterocycles. The molecule has 2 N–H and O–H groups in total. The van der Waals surface area contributed by atoms with Crippen LogP contribution in [0.25, 0.3) is 0 Å². The molecule has 1 amide bonds. The van der Waals surface area contributed by atoms with Gasteiger partial charge in [0.2, 0.25) is 0 Å². The quantitative estimate of drug-likeness (QED) is 0.587.